The van der Waals surface area contributed by atoms with Crippen LogP contribution in [0, 0.1) is 13.8 Å². The van der Waals surface area contributed by atoms with E-state index in [1.165, 1.54) is 17.3 Å². The molecule has 0 fully saturated rings. The van der Waals surface area contributed by atoms with Crippen molar-refractivity contribution < 1.29 is 10.1 Å². The van der Waals surface area contributed by atoms with Crippen LogP contribution in [-0.2, 0) is 4.79 Å². The van der Waals surface area contributed by atoms with E-state index in [1.807, 2.05) is 19.1 Å². The fraction of sp³-hybridized carbons (Fsp3) is 0.556. The van der Waals surface area contributed by atoms with Crippen LogP contribution in [-0.4, -0.2) is 50.5 Å². The van der Waals surface area contributed by atoms with E-state index in [4.69, 9.17) is 0 Å². The summed E-state index contributed by atoms with van der Waals surface area (Å²) in [5.74, 6) is 0.301. The largest absolute Gasteiger partial charge is 0.355 e. The van der Waals surface area contributed by atoms with Gasteiger partial charge in [-0.1, -0.05) is 29.5 Å². The third-order valence-corrected chi connectivity index (χ3v) is 4.73. The number of tetrazole rings is 1. The fourth-order valence-electron chi connectivity index (χ4n) is 2.51. The Morgan fingerprint density at radius 2 is 2.08 bits per heavy atom. The highest BCUT2D eigenvalue weighted by Gasteiger charge is 2.14. The van der Waals surface area contributed by atoms with Crippen LogP contribution in [0.4, 0.5) is 0 Å². The van der Waals surface area contributed by atoms with Gasteiger partial charge < -0.3 is 10.6 Å². The number of hydrogen-bond donors (Lipinski definition) is 2. The van der Waals surface area contributed by atoms with Gasteiger partial charge in [0.05, 0.1) is 23.5 Å². The van der Waals surface area contributed by atoms with Gasteiger partial charge in [-0.15, -0.1) is 5.10 Å². The van der Waals surface area contributed by atoms with Crippen molar-refractivity contribution in [2.45, 2.75) is 51.7 Å². The van der Waals surface area contributed by atoms with Crippen LogP contribution in [0.1, 0.15) is 38.3 Å². The van der Waals surface area contributed by atoms with E-state index in [1.54, 1.807) is 4.68 Å². The van der Waals surface area contributed by atoms with Crippen molar-refractivity contribution >= 4 is 17.7 Å². The van der Waals surface area contributed by atoms with Crippen molar-refractivity contribution in [3.05, 3.63) is 29.3 Å². The average Bonchev–Trinajstić information content (AvgIpc) is 2.99. The van der Waals surface area contributed by atoms with E-state index in [-0.39, 0.29) is 11.4 Å². The standard InChI is InChI=1S/C18H28N6OS/c1-13-7-8-15(14(2)11-13)24-17(21-22-23-24)26-12-16(25)19-9-6-10-20-18(3,4)5/h7-8,11,20H,6,9-10,12H2,1-5H3,(H,19,25)/p+1. The molecular weight excluding hydrogens is 348 g/mol. The first-order chi connectivity index (χ1) is 12.3. The minimum Gasteiger partial charge on any atom is -0.355 e. The van der Waals surface area contributed by atoms with Gasteiger partial charge in [0.25, 0.3) is 0 Å². The highest BCUT2D eigenvalue weighted by Crippen LogP contribution is 2.21. The molecule has 1 heterocycles. The number of rotatable bonds is 8. The maximum absolute atomic E-state index is 12.0. The Bertz CT molecular complexity index is 738. The second-order valence-electron chi connectivity index (χ2n) is 7.51. The van der Waals surface area contributed by atoms with E-state index in [2.05, 4.69) is 59.9 Å². The number of aromatic nitrogens is 4. The molecule has 8 heteroatoms. The lowest BCUT2D eigenvalue weighted by atomic mass is 10.1. The Morgan fingerprint density at radius 1 is 1.31 bits per heavy atom. The first-order valence-electron chi connectivity index (χ1n) is 8.86. The lowest BCUT2D eigenvalue weighted by Crippen LogP contribution is -2.94. The van der Waals surface area contributed by atoms with Gasteiger partial charge in [0.1, 0.15) is 0 Å². The lowest BCUT2D eigenvalue weighted by molar-refractivity contribution is -0.717. The normalized spacial score (nSPS) is 11.6. The van der Waals surface area contributed by atoms with Crippen LogP contribution in [0.2, 0.25) is 0 Å². The number of nitrogens with zero attached hydrogens (tertiary/aromatic N) is 4. The first-order valence-corrected chi connectivity index (χ1v) is 9.85. The quantitative estimate of drug-likeness (QED) is 0.534. The van der Waals surface area contributed by atoms with Gasteiger partial charge in [-0.25, -0.2) is 0 Å². The zero-order valence-electron chi connectivity index (χ0n) is 16.2. The zero-order valence-corrected chi connectivity index (χ0v) is 17.1. The summed E-state index contributed by atoms with van der Waals surface area (Å²) in [4.78, 5) is 12.0. The number of nitrogens with two attached hydrogens (primary N) is 1. The molecule has 3 N–H and O–H groups in total. The Balaban J connectivity index is 1.81. The molecular formula is C18H29N6OS+. The Hall–Kier alpha value is -1.93. The first kappa shape index (κ1) is 20.4. The summed E-state index contributed by atoms with van der Waals surface area (Å²) in [5.41, 5.74) is 3.45. The van der Waals surface area contributed by atoms with Crippen LogP contribution in [0.25, 0.3) is 5.69 Å². The second kappa shape index (κ2) is 9.14. The minimum atomic E-state index is 0.000867. The number of nitrogens with one attached hydrogen (secondary N) is 1. The van der Waals surface area contributed by atoms with Gasteiger partial charge in [-0.05, 0) is 56.7 Å². The van der Waals surface area contributed by atoms with Crippen molar-refractivity contribution in [3.63, 3.8) is 0 Å². The van der Waals surface area contributed by atoms with E-state index < -0.39 is 0 Å². The van der Waals surface area contributed by atoms with E-state index in [0.29, 0.717) is 17.5 Å². The van der Waals surface area contributed by atoms with Crippen LogP contribution in [0.3, 0.4) is 0 Å². The molecule has 1 aromatic heterocycles. The molecule has 0 saturated heterocycles. The van der Waals surface area contributed by atoms with Gasteiger partial charge >= 0.3 is 0 Å². The number of amides is 1. The molecule has 26 heavy (non-hydrogen) atoms. The molecule has 0 unspecified atom stereocenters. The summed E-state index contributed by atoms with van der Waals surface area (Å²) < 4.78 is 1.69. The number of quaternary nitrogens is 1. The molecule has 7 nitrogen and oxygen atoms in total. The molecule has 0 aliphatic carbocycles. The van der Waals surface area contributed by atoms with E-state index >= 15 is 0 Å². The van der Waals surface area contributed by atoms with Crippen molar-refractivity contribution in [1.82, 2.24) is 25.5 Å². The van der Waals surface area contributed by atoms with Gasteiger partial charge in [-0.3, -0.25) is 4.79 Å². The SMILES string of the molecule is Cc1ccc(-n2nnnc2SCC(=O)NCCC[NH2+]C(C)(C)C)c(C)c1. The average molecular weight is 378 g/mol. The van der Waals surface area contributed by atoms with Crippen LogP contribution in [0.5, 0.6) is 0 Å². The number of aryl methyl sites for hydroxylation is 2. The number of hydrogen-bond acceptors (Lipinski definition) is 5. The van der Waals surface area contributed by atoms with Crippen LogP contribution in [0.15, 0.2) is 23.4 Å². The summed E-state index contributed by atoms with van der Waals surface area (Å²) in [6.07, 6.45) is 0.952. The van der Waals surface area contributed by atoms with E-state index in [0.717, 1.165) is 24.2 Å². The number of thioether (sulfide) groups is 1. The molecule has 2 aromatic rings. The second-order valence-corrected chi connectivity index (χ2v) is 8.46. The van der Waals surface area contributed by atoms with E-state index in [9.17, 15) is 4.79 Å². The molecule has 1 amide bonds. The summed E-state index contributed by atoms with van der Waals surface area (Å²) in [6, 6.07) is 6.11. The maximum Gasteiger partial charge on any atom is 0.230 e. The Labute approximate surface area is 159 Å². The van der Waals surface area contributed by atoms with Gasteiger partial charge in [-0.2, -0.15) is 4.68 Å². The third kappa shape index (κ3) is 6.42. The predicted molar refractivity (Wildman–Crippen MR) is 104 cm³/mol. The highest BCUT2D eigenvalue weighted by molar-refractivity contribution is 7.99. The number of benzene rings is 1. The number of carbonyl (C=O) groups excluding carboxylic acids is 1. The Morgan fingerprint density at radius 3 is 2.77 bits per heavy atom. The van der Waals surface area contributed by atoms with Crippen LogP contribution >= 0.6 is 11.8 Å². The van der Waals surface area contributed by atoms with Crippen LogP contribution < -0.4 is 10.6 Å². The van der Waals surface area contributed by atoms with Gasteiger partial charge in [0, 0.05) is 13.0 Å². The molecule has 1 aromatic carbocycles. The fourth-order valence-corrected chi connectivity index (χ4v) is 3.22. The van der Waals surface area contributed by atoms with Gasteiger partial charge in [0.15, 0.2) is 0 Å². The molecule has 0 bridgehead atoms. The summed E-state index contributed by atoms with van der Waals surface area (Å²) in [6.45, 7) is 12.3. The van der Waals surface area contributed by atoms with Crippen molar-refractivity contribution in [2.75, 3.05) is 18.8 Å². The van der Waals surface area contributed by atoms with Crippen molar-refractivity contribution in [1.29, 1.82) is 0 Å². The minimum absolute atomic E-state index is 0.000867. The molecule has 0 radical (unpaired) electrons. The highest BCUT2D eigenvalue weighted by atomic mass is 32.2. The monoisotopic (exact) mass is 377 g/mol. The zero-order chi connectivity index (χ0) is 19.2. The molecule has 0 saturated carbocycles. The third-order valence-electron chi connectivity index (χ3n) is 3.81. The molecule has 142 valence electrons. The molecule has 2 rings (SSSR count). The topological polar surface area (TPSA) is 89.3 Å². The Kier molecular flexibility index (Phi) is 7.16. The molecule has 0 atom stereocenters. The summed E-state index contributed by atoms with van der Waals surface area (Å²) in [7, 11) is 0. The number of carbonyl (C=O) groups is 1. The summed E-state index contributed by atoms with van der Waals surface area (Å²) >= 11 is 1.34. The molecule has 0 aliphatic heterocycles. The van der Waals surface area contributed by atoms with Crippen molar-refractivity contribution in [2.24, 2.45) is 0 Å². The van der Waals surface area contributed by atoms with Gasteiger partial charge in [0.2, 0.25) is 11.1 Å². The smallest absolute Gasteiger partial charge is 0.230 e. The molecule has 0 spiro atoms. The maximum atomic E-state index is 12.0. The summed E-state index contributed by atoms with van der Waals surface area (Å²) in [5, 5.41) is 17.7. The predicted octanol–water partition coefficient (Wildman–Crippen LogP) is 1.24. The lowest BCUT2D eigenvalue weighted by Gasteiger charge is -2.16. The molecule has 0 aliphatic rings. The van der Waals surface area contributed by atoms with Crippen molar-refractivity contribution in [3.8, 4) is 5.69 Å².